The van der Waals surface area contributed by atoms with E-state index in [1.54, 1.807) is 0 Å². The third-order valence-corrected chi connectivity index (χ3v) is 4.80. The third-order valence-electron chi connectivity index (χ3n) is 4.80. The molecule has 2 N–H and O–H groups in total. The van der Waals surface area contributed by atoms with Crippen LogP contribution in [0, 0.1) is 0 Å². The quantitative estimate of drug-likeness (QED) is 0.805. The standard InChI is InChI=1S/C19H27N5O2/c1-2-19(26)24-10-8-23(9-11-24)18-12-17(21-14-22-18)20-13-16(25)15-6-4-3-5-7-15/h4,6-7,12,14,16,25H,2-3,5,8-11,13H2,1H3,(H,20,21,22)/t16-/m0/s1. The van der Waals surface area contributed by atoms with Gasteiger partial charge in [-0.3, -0.25) is 4.79 Å². The van der Waals surface area contributed by atoms with Gasteiger partial charge in [-0.05, 0) is 18.4 Å². The summed E-state index contributed by atoms with van der Waals surface area (Å²) in [6.07, 6.45) is 9.71. The Balaban J connectivity index is 1.54. The number of hydrogen-bond donors (Lipinski definition) is 2. The van der Waals surface area contributed by atoms with Crippen LogP contribution in [0.2, 0.25) is 0 Å². The molecular weight excluding hydrogens is 330 g/mol. The van der Waals surface area contributed by atoms with Gasteiger partial charge in [0.05, 0.1) is 6.10 Å². The number of aromatic nitrogens is 2. The lowest BCUT2D eigenvalue weighted by Crippen LogP contribution is -2.48. The molecule has 0 spiro atoms. The number of aliphatic hydroxyl groups is 1. The van der Waals surface area contributed by atoms with Gasteiger partial charge in [-0.1, -0.05) is 25.2 Å². The van der Waals surface area contributed by atoms with Gasteiger partial charge in [0.2, 0.25) is 5.91 Å². The summed E-state index contributed by atoms with van der Waals surface area (Å²) in [6, 6.07) is 1.90. The average Bonchev–Trinajstić information content (AvgIpc) is 2.72. The second kappa shape index (κ2) is 8.80. The number of allylic oxidation sites excluding steroid dienone is 2. The molecular formula is C19H27N5O2. The molecule has 2 aliphatic rings. The molecule has 140 valence electrons. The largest absolute Gasteiger partial charge is 0.387 e. The van der Waals surface area contributed by atoms with E-state index in [0.717, 1.165) is 50.4 Å². The molecule has 1 aliphatic heterocycles. The predicted octanol–water partition coefficient (Wildman–Crippen LogP) is 1.58. The number of carbonyl (C=O) groups excluding carboxylic acids is 1. The minimum atomic E-state index is -0.548. The monoisotopic (exact) mass is 357 g/mol. The molecule has 1 atom stereocenters. The molecule has 0 bridgehead atoms. The molecule has 0 aromatic carbocycles. The maximum atomic E-state index is 11.8. The molecule has 1 fully saturated rings. The van der Waals surface area contributed by atoms with Crippen LogP contribution in [-0.4, -0.2) is 64.7 Å². The van der Waals surface area contributed by atoms with E-state index in [4.69, 9.17) is 0 Å². The van der Waals surface area contributed by atoms with Crippen LogP contribution in [0.15, 0.2) is 36.2 Å². The van der Waals surface area contributed by atoms with E-state index in [2.05, 4.69) is 32.3 Å². The van der Waals surface area contributed by atoms with Crippen LogP contribution < -0.4 is 10.2 Å². The van der Waals surface area contributed by atoms with Crippen molar-refractivity contribution in [2.45, 2.75) is 32.3 Å². The van der Waals surface area contributed by atoms with Crippen molar-refractivity contribution < 1.29 is 9.90 Å². The Kier molecular flexibility index (Phi) is 6.22. The Morgan fingerprint density at radius 1 is 1.27 bits per heavy atom. The highest BCUT2D eigenvalue weighted by Crippen LogP contribution is 2.18. The van der Waals surface area contributed by atoms with E-state index in [9.17, 15) is 9.90 Å². The summed E-state index contributed by atoms with van der Waals surface area (Å²) in [4.78, 5) is 24.4. The Hall–Kier alpha value is -2.41. The van der Waals surface area contributed by atoms with Crippen molar-refractivity contribution in [3.63, 3.8) is 0 Å². The lowest BCUT2D eigenvalue weighted by molar-refractivity contribution is -0.131. The highest BCUT2D eigenvalue weighted by atomic mass is 16.3. The lowest BCUT2D eigenvalue weighted by Gasteiger charge is -2.35. The van der Waals surface area contributed by atoms with Gasteiger partial charge in [-0.2, -0.15) is 0 Å². The van der Waals surface area contributed by atoms with Gasteiger partial charge in [-0.25, -0.2) is 9.97 Å². The summed E-state index contributed by atoms with van der Waals surface area (Å²) in [5, 5.41) is 13.5. The number of carbonyl (C=O) groups is 1. The fraction of sp³-hybridized carbons (Fsp3) is 0.526. The fourth-order valence-electron chi connectivity index (χ4n) is 3.23. The Labute approximate surface area is 154 Å². The van der Waals surface area contributed by atoms with E-state index < -0.39 is 6.10 Å². The van der Waals surface area contributed by atoms with Gasteiger partial charge in [0.25, 0.3) is 0 Å². The minimum absolute atomic E-state index is 0.203. The second-order valence-corrected chi connectivity index (χ2v) is 6.56. The van der Waals surface area contributed by atoms with Crippen LogP contribution in [0.25, 0.3) is 0 Å². The molecule has 1 aromatic rings. The maximum Gasteiger partial charge on any atom is 0.222 e. The van der Waals surface area contributed by atoms with E-state index >= 15 is 0 Å². The van der Waals surface area contributed by atoms with Crippen molar-refractivity contribution in [2.75, 3.05) is 42.9 Å². The van der Waals surface area contributed by atoms with Crippen molar-refractivity contribution in [1.82, 2.24) is 14.9 Å². The molecule has 0 radical (unpaired) electrons. The van der Waals surface area contributed by atoms with E-state index in [-0.39, 0.29) is 5.91 Å². The molecule has 7 heteroatoms. The normalized spacial score (nSPS) is 18.5. The number of piperazine rings is 1. The first kappa shape index (κ1) is 18.4. The molecule has 0 unspecified atom stereocenters. The smallest absolute Gasteiger partial charge is 0.222 e. The molecule has 2 heterocycles. The zero-order valence-electron chi connectivity index (χ0n) is 15.3. The van der Waals surface area contributed by atoms with Gasteiger partial charge in [-0.15, -0.1) is 0 Å². The lowest BCUT2D eigenvalue weighted by atomic mass is 10.0. The number of rotatable bonds is 6. The van der Waals surface area contributed by atoms with Crippen LogP contribution in [-0.2, 0) is 4.79 Å². The molecule has 0 saturated carbocycles. The van der Waals surface area contributed by atoms with Gasteiger partial charge < -0.3 is 20.2 Å². The Bertz CT molecular complexity index is 680. The van der Waals surface area contributed by atoms with Crippen molar-refractivity contribution in [2.24, 2.45) is 0 Å². The maximum absolute atomic E-state index is 11.8. The van der Waals surface area contributed by atoms with Gasteiger partial charge in [0.15, 0.2) is 0 Å². The summed E-state index contributed by atoms with van der Waals surface area (Å²) in [5.74, 6) is 1.74. The molecule has 3 rings (SSSR count). The molecule has 1 aromatic heterocycles. The average molecular weight is 357 g/mol. The number of amides is 1. The Morgan fingerprint density at radius 3 is 2.77 bits per heavy atom. The Morgan fingerprint density at radius 2 is 2.08 bits per heavy atom. The number of anilines is 2. The summed E-state index contributed by atoms with van der Waals surface area (Å²) in [5.41, 5.74) is 0.953. The van der Waals surface area contributed by atoms with Crippen molar-refractivity contribution in [1.29, 1.82) is 0 Å². The van der Waals surface area contributed by atoms with Gasteiger partial charge >= 0.3 is 0 Å². The number of nitrogens with one attached hydrogen (secondary N) is 1. The number of nitrogens with zero attached hydrogens (tertiary/aromatic N) is 4. The van der Waals surface area contributed by atoms with Crippen LogP contribution in [0.1, 0.15) is 26.2 Å². The third kappa shape index (κ3) is 4.60. The zero-order chi connectivity index (χ0) is 18.4. The first-order chi connectivity index (χ1) is 12.7. The zero-order valence-corrected chi connectivity index (χ0v) is 15.3. The van der Waals surface area contributed by atoms with Crippen LogP contribution in [0.3, 0.4) is 0 Å². The van der Waals surface area contributed by atoms with Crippen LogP contribution >= 0.6 is 0 Å². The van der Waals surface area contributed by atoms with E-state index in [1.165, 1.54) is 6.33 Å². The summed E-state index contributed by atoms with van der Waals surface area (Å²) < 4.78 is 0. The van der Waals surface area contributed by atoms with E-state index in [0.29, 0.717) is 18.8 Å². The predicted molar refractivity (Wildman–Crippen MR) is 102 cm³/mol. The molecule has 1 amide bonds. The van der Waals surface area contributed by atoms with Gasteiger partial charge in [0.1, 0.15) is 18.0 Å². The molecule has 1 aliphatic carbocycles. The van der Waals surface area contributed by atoms with Crippen LogP contribution in [0.4, 0.5) is 11.6 Å². The van der Waals surface area contributed by atoms with E-state index in [1.807, 2.05) is 24.0 Å². The first-order valence-electron chi connectivity index (χ1n) is 9.30. The topological polar surface area (TPSA) is 81.6 Å². The highest BCUT2D eigenvalue weighted by Gasteiger charge is 2.21. The number of aliphatic hydroxyl groups excluding tert-OH is 1. The summed E-state index contributed by atoms with van der Waals surface area (Å²) in [7, 11) is 0. The SMILES string of the molecule is CCC(=O)N1CCN(c2cc(NC[C@H](O)C3=CCCC=C3)ncn2)CC1. The fourth-order valence-corrected chi connectivity index (χ4v) is 3.23. The molecule has 1 saturated heterocycles. The summed E-state index contributed by atoms with van der Waals surface area (Å²) >= 11 is 0. The van der Waals surface area contributed by atoms with Crippen molar-refractivity contribution in [3.8, 4) is 0 Å². The number of hydrogen-bond acceptors (Lipinski definition) is 6. The second-order valence-electron chi connectivity index (χ2n) is 6.56. The van der Waals surface area contributed by atoms with Crippen LogP contribution in [0.5, 0.6) is 0 Å². The van der Waals surface area contributed by atoms with Crippen molar-refractivity contribution in [3.05, 3.63) is 36.2 Å². The molecule has 26 heavy (non-hydrogen) atoms. The highest BCUT2D eigenvalue weighted by molar-refractivity contribution is 5.76. The summed E-state index contributed by atoms with van der Waals surface area (Å²) in [6.45, 7) is 5.28. The first-order valence-corrected chi connectivity index (χ1v) is 9.30. The minimum Gasteiger partial charge on any atom is -0.387 e. The van der Waals surface area contributed by atoms with Crippen molar-refractivity contribution >= 4 is 17.5 Å². The molecule has 7 nitrogen and oxygen atoms in total. The van der Waals surface area contributed by atoms with Gasteiger partial charge in [0, 0.05) is 45.2 Å².